The van der Waals surface area contributed by atoms with Gasteiger partial charge in [-0.15, -0.1) is 5.10 Å². The van der Waals surface area contributed by atoms with Gasteiger partial charge < -0.3 is 0 Å². The first kappa shape index (κ1) is 9.47. The van der Waals surface area contributed by atoms with E-state index >= 15 is 0 Å². The Labute approximate surface area is 90.0 Å². The highest BCUT2D eigenvalue weighted by molar-refractivity contribution is 7.71. The molecule has 0 amide bonds. The van der Waals surface area contributed by atoms with Gasteiger partial charge in [0.25, 0.3) is 0 Å². The summed E-state index contributed by atoms with van der Waals surface area (Å²) in [7, 11) is 0. The zero-order chi connectivity index (χ0) is 9.97. The van der Waals surface area contributed by atoms with Gasteiger partial charge in [0.1, 0.15) is 5.69 Å². The highest BCUT2D eigenvalue weighted by atomic mass is 32.1. The smallest absolute Gasteiger partial charge is 0.195 e. The second-order valence-electron chi connectivity index (χ2n) is 2.79. The van der Waals surface area contributed by atoms with Crippen LogP contribution in [0.25, 0.3) is 11.5 Å². The van der Waals surface area contributed by atoms with Crippen molar-refractivity contribution in [1.29, 1.82) is 0 Å². The van der Waals surface area contributed by atoms with Gasteiger partial charge in [0, 0.05) is 11.9 Å². The molecule has 2 heterocycles. The van der Waals surface area contributed by atoms with Gasteiger partial charge in [-0.25, -0.2) is 0 Å². The number of nitrogens with one attached hydrogen (secondary N) is 1. The summed E-state index contributed by atoms with van der Waals surface area (Å²) in [5, 5.41) is 12.7. The lowest BCUT2D eigenvalue weighted by Crippen LogP contribution is -1.99. The number of aromatic amines is 1. The lowest BCUT2D eigenvalue weighted by atomic mass is 10.4. The summed E-state index contributed by atoms with van der Waals surface area (Å²) in [6.45, 7) is 2.94. The molecule has 5 nitrogen and oxygen atoms in total. The van der Waals surface area contributed by atoms with Crippen LogP contribution in [0.2, 0.25) is 0 Å². The normalized spacial score (nSPS) is 10.6. The molecule has 0 unspecified atom stereocenters. The van der Waals surface area contributed by atoms with Crippen LogP contribution in [0.5, 0.6) is 0 Å². The van der Waals surface area contributed by atoms with Crippen LogP contribution in [0.3, 0.4) is 0 Å². The molecule has 7 heteroatoms. The van der Waals surface area contributed by atoms with Crippen LogP contribution >= 0.6 is 23.8 Å². The fourth-order valence-electron chi connectivity index (χ4n) is 1.21. The van der Waals surface area contributed by atoms with Crippen LogP contribution in [-0.4, -0.2) is 24.4 Å². The van der Waals surface area contributed by atoms with Crippen molar-refractivity contribution in [1.82, 2.24) is 24.4 Å². The van der Waals surface area contributed by atoms with Crippen LogP contribution in [0.15, 0.2) is 5.38 Å². The van der Waals surface area contributed by atoms with Gasteiger partial charge in [0.2, 0.25) is 0 Å². The largest absolute Gasteiger partial charge is 0.299 e. The maximum absolute atomic E-state index is 5.11. The molecule has 14 heavy (non-hydrogen) atoms. The fourth-order valence-corrected chi connectivity index (χ4v) is 1.86. The molecule has 0 aromatic carbocycles. The Hall–Kier alpha value is -1.08. The van der Waals surface area contributed by atoms with E-state index < -0.39 is 0 Å². The second kappa shape index (κ2) is 3.97. The summed E-state index contributed by atoms with van der Waals surface area (Å²) in [5.74, 6) is 0.769. The van der Waals surface area contributed by atoms with E-state index in [1.807, 2.05) is 9.95 Å². The van der Waals surface area contributed by atoms with E-state index in [9.17, 15) is 0 Å². The third kappa shape index (κ3) is 1.60. The summed E-state index contributed by atoms with van der Waals surface area (Å²) >= 11 is 6.42. The molecule has 0 spiro atoms. The van der Waals surface area contributed by atoms with E-state index in [1.165, 1.54) is 11.5 Å². The van der Waals surface area contributed by atoms with Crippen molar-refractivity contribution in [3.63, 3.8) is 0 Å². The monoisotopic (exact) mass is 227 g/mol. The quantitative estimate of drug-likeness (QED) is 0.813. The number of hydrogen-bond acceptors (Lipinski definition) is 5. The molecule has 0 radical (unpaired) electrons. The molecule has 0 atom stereocenters. The summed E-state index contributed by atoms with van der Waals surface area (Å²) in [6.07, 6.45) is 1.01. The summed E-state index contributed by atoms with van der Waals surface area (Å²) < 4.78 is 6.37. The van der Waals surface area contributed by atoms with Crippen LogP contribution < -0.4 is 0 Å². The molecule has 0 aliphatic heterocycles. The van der Waals surface area contributed by atoms with Gasteiger partial charge in [-0.2, -0.15) is 5.10 Å². The molecule has 0 bridgehead atoms. The van der Waals surface area contributed by atoms with Crippen molar-refractivity contribution >= 4 is 23.8 Å². The van der Waals surface area contributed by atoms with Crippen LogP contribution in [0.4, 0.5) is 0 Å². The minimum absolute atomic E-state index is 0.634. The zero-order valence-corrected chi connectivity index (χ0v) is 9.23. The van der Waals surface area contributed by atoms with Crippen molar-refractivity contribution in [2.24, 2.45) is 0 Å². The highest BCUT2D eigenvalue weighted by Crippen LogP contribution is 2.15. The number of H-pyrrole nitrogens is 1. The van der Waals surface area contributed by atoms with Gasteiger partial charge in [0.15, 0.2) is 10.6 Å². The maximum Gasteiger partial charge on any atom is 0.195 e. The second-order valence-corrected chi connectivity index (χ2v) is 3.79. The third-order valence-corrected chi connectivity index (χ3v) is 2.61. The van der Waals surface area contributed by atoms with E-state index in [4.69, 9.17) is 12.2 Å². The van der Waals surface area contributed by atoms with Gasteiger partial charge >= 0.3 is 0 Å². The third-order valence-electron chi connectivity index (χ3n) is 1.79. The molecule has 0 aliphatic carbocycles. The lowest BCUT2D eigenvalue weighted by Gasteiger charge is -2.00. The molecular formula is C7H9N5S2. The zero-order valence-electron chi connectivity index (χ0n) is 7.60. The molecule has 0 saturated carbocycles. The molecule has 0 saturated heterocycles. The van der Waals surface area contributed by atoms with Crippen molar-refractivity contribution in [3.8, 4) is 11.5 Å². The Morgan fingerprint density at radius 3 is 3.14 bits per heavy atom. The Morgan fingerprint density at radius 2 is 2.50 bits per heavy atom. The van der Waals surface area contributed by atoms with Crippen LogP contribution in [0, 0.1) is 4.77 Å². The van der Waals surface area contributed by atoms with Crippen LogP contribution in [0.1, 0.15) is 13.3 Å². The lowest BCUT2D eigenvalue weighted by molar-refractivity contribution is 0.673. The summed E-state index contributed by atoms with van der Waals surface area (Å²) in [5.41, 5.74) is 0.774. The highest BCUT2D eigenvalue weighted by Gasteiger charge is 2.09. The summed E-state index contributed by atoms with van der Waals surface area (Å²) in [6, 6.07) is 0. The van der Waals surface area contributed by atoms with E-state index in [-0.39, 0.29) is 0 Å². The molecule has 2 aromatic rings. The number of aromatic nitrogens is 5. The maximum atomic E-state index is 5.11. The molecule has 0 aliphatic rings. The first-order valence-electron chi connectivity index (χ1n) is 4.25. The van der Waals surface area contributed by atoms with E-state index in [2.05, 4.69) is 26.7 Å². The fraction of sp³-hybridized carbons (Fsp3) is 0.429. The van der Waals surface area contributed by atoms with Crippen LogP contribution in [-0.2, 0) is 6.54 Å². The van der Waals surface area contributed by atoms with Gasteiger partial charge in [-0.3, -0.25) is 9.67 Å². The predicted octanol–water partition coefficient (Wildman–Crippen LogP) is 1.87. The average molecular weight is 227 g/mol. The standard InChI is InChI=1S/C7H9N5S2/c1-2-3-12-6(9-10-7(12)13)5-4-14-11-8-5/h4H,2-3H2,1H3,(H,10,13). The molecule has 2 aromatic heterocycles. The Bertz CT molecular complexity index is 455. The van der Waals surface area contributed by atoms with Gasteiger partial charge in [-0.1, -0.05) is 11.4 Å². The van der Waals surface area contributed by atoms with Gasteiger partial charge in [-0.05, 0) is 30.2 Å². The number of nitrogens with zero attached hydrogens (tertiary/aromatic N) is 4. The van der Waals surface area contributed by atoms with Crippen molar-refractivity contribution in [3.05, 3.63) is 10.2 Å². The molecule has 0 fully saturated rings. The first-order chi connectivity index (χ1) is 6.83. The summed E-state index contributed by atoms with van der Waals surface area (Å²) in [4.78, 5) is 0. The minimum Gasteiger partial charge on any atom is -0.299 e. The SMILES string of the molecule is CCCn1c(-c2csnn2)n[nH]c1=S. The first-order valence-corrected chi connectivity index (χ1v) is 5.50. The topological polar surface area (TPSA) is 59.4 Å². The molecule has 74 valence electrons. The average Bonchev–Trinajstić information content (AvgIpc) is 2.77. The Morgan fingerprint density at radius 1 is 1.64 bits per heavy atom. The number of rotatable bonds is 3. The van der Waals surface area contributed by atoms with E-state index in [1.54, 1.807) is 0 Å². The Kier molecular flexibility index (Phi) is 2.69. The van der Waals surface area contributed by atoms with E-state index in [0.717, 1.165) is 24.5 Å². The molecule has 1 N–H and O–H groups in total. The minimum atomic E-state index is 0.634. The van der Waals surface area contributed by atoms with Crippen molar-refractivity contribution in [2.75, 3.05) is 0 Å². The van der Waals surface area contributed by atoms with E-state index in [0.29, 0.717) is 4.77 Å². The number of hydrogen-bond donors (Lipinski definition) is 1. The van der Waals surface area contributed by atoms with Crippen molar-refractivity contribution in [2.45, 2.75) is 19.9 Å². The Balaban J connectivity index is 2.48. The molecular weight excluding hydrogens is 218 g/mol. The van der Waals surface area contributed by atoms with Crippen molar-refractivity contribution < 1.29 is 0 Å². The predicted molar refractivity (Wildman–Crippen MR) is 56.6 cm³/mol. The molecule has 2 rings (SSSR count). The van der Waals surface area contributed by atoms with Gasteiger partial charge in [0.05, 0.1) is 0 Å².